The van der Waals surface area contributed by atoms with E-state index in [1.54, 1.807) is 18.5 Å². The fraction of sp³-hybridized carbons (Fsp3) is 0. The molecule has 0 saturated carbocycles. The van der Waals surface area contributed by atoms with Crippen molar-refractivity contribution < 1.29 is 9.90 Å². The van der Waals surface area contributed by atoms with Gasteiger partial charge in [-0.1, -0.05) is 23.7 Å². The summed E-state index contributed by atoms with van der Waals surface area (Å²) in [6.45, 7) is 0. The van der Waals surface area contributed by atoms with Crippen LogP contribution in [0.1, 0.15) is 10.4 Å². The van der Waals surface area contributed by atoms with E-state index in [1.165, 1.54) is 6.20 Å². The van der Waals surface area contributed by atoms with Gasteiger partial charge in [-0.15, -0.1) is 0 Å². The zero-order chi connectivity index (χ0) is 18.8. The molecule has 2 N–H and O–H groups in total. The summed E-state index contributed by atoms with van der Waals surface area (Å²) in [4.78, 5) is 19.7. The third-order valence-corrected chi connectivity index (χ3v) is 4.40. The van der Waals surface area contributed by atoms with Gasteiger partial charge in [0.1, 0.15) is 0 Å². The van der Waals surface area contributed by atoms with Crippen LogP contribution in [0.3, 0.4) is 0 Å². The van der Waals surface area contributed by atoms with Crippen molar-refractivity contribution in [1.82, 2.24) is 9.97 Å². The van der Waals surface area contributed by atoms with Gasteiger partial charge in [-0.25, -0.2) is 4.79 Å². The number of nitrogens with zero attached hydrogens (tertiary/aromatic N) is 2. The fourth-order valence-corrected chi connectivity index (χ4v) is 3.06. The average molecular weight is 376 g/mol. The minimum absolute atomic E-state index is 0.149. The normalized spacial score (nSPS) is 10.7. The summed E-state index contributed by atoms with van der Waals surface area (Å²) in [5.41, 5.74) is 4.32. The fourth-order valence-electron chi connectivity index (χ4n) is 2.87. The molecule has 0 bridgehead atoms. The predicted molar refractivity (Wildman–Crippen MR) is 107 cm³/mol. The maximum absolute atomic E-state index is 11.2. The highest BCUT2D eigenvalue weighted by molar-refractivity contribution is 6.30. The molecule has 0 atom stereocenters. The average Bonchev–Trinajstić information content (AvgIpc) is 2.68. The van der Waals surface area contributed by atoms with Crippen LogP contribution in [0.5, 0.6) is 0 Å². The molecule has 2 aromatic heterocycles. The first-order chi connectivity index (χ1) is 13.1. The molecule has 4 rings (SSSR count). The van der Waals surface area contributed by atoms with E-state index >= 15 is 0 Å². The number of fused-ring (bicyclic) bond motifs is 1. The first kappa shape index (κ1) is 17.0. The Morgan fingerprint density at radius 3 is 2.70 bits per heavy atom. The molecule has 0 aliphatic rings. The van der Waals surface area contributed by atoms with Crippen molar-refractivity contribution in [3.05, 3.63) is 83.8 Å². The molecule has 132 valence electrons. The standard InChI is InChI=1S/C21H14ClN3O2/c22-16-2-1-3-17(10-16)25-20-6-7-24-19-5-4-13(9-18(19)20)14-8-15(21(26)27)12-23-11-14/h1-12H,(H,24,25)(H,26,27). The molecular weight excluding hydrogens is 362 g/mol. The van der Waals surface area contributed by atoms with Crippen molar-refractivity contribution in [2.24, 2.45) is 0 Å². The SMILES string of the molecule is O=C(O)c1cncc(-c2ccc3nccc(Nc4cccc(Cl)c4)c3c2)c1. The molecular formula is C21H14ClN3O2. The second kappa shape index (κ2) is 7.05. The van der Waals surface area contributed by atoms with E-state index in [9.17, 15) is 9.90 Å². The molecule has 0 spiro atoms. The zero-order valence-corrected chi connectivity index (χ0v) is 14.8. The van der Waals surface area contributed by atoms with Crippen molar-refractivity contribution in [3.8, 4) is 11.1 Å². The lowest BCUT2D eigenvalue weighted by Crippen LogP contribution is -1.97. The number of hydrogen-bond acceptors (Lipinski definition) is 4. The van der Waals surface area contributed by atoms with Crippen LogP contribution >= 0.6 is 11.6 Å². The molecule has 5 nitrogen and oxygen atoms in total. The smallest absolute Gasteiger partial charge is 0.337 e. The van der Waals surface area contributed by atoms with Gasteiger partial charge < -0.3 is 10.4 Å². The van der Waals surface area contributed by atoms with E-state index in [-0.39, 0.29) is 5.56 Å². The molecule has 2 aromatic carbocycles. The van der Waals surface area contributed by atoms with Gasteiger partial charge in [0.2, 0.25) is 0 Å². The van der Waals surface area contributed by atoms with E-state index in [0.29, 0.717) is 5.02 Å². The molecule has 0 fully saturated rings. The van der Waals surface area contributed by atoms with E-state index in [4.69, 9.17) is 11.6 Å². The number of halogens is 1. The number of carboxylic acid groups (broad SMARTS) is 1. The van der Waals surface area contributed by atoms with Gasteiger partial charge in [0, 0.05) is 45.9 Å². The monoisotopic (exact) mass is 375 g/mol. The molecule has 0 saturated heterocycles. The molecule has 6 heteroatoms. The third kappa shape index (κ3) is 3.59. The summed E-state index contributed by atoms with van der Waals surface area (Å²) in [5.74, 6) is -1.00. The minimum Gasteiger partial charge on any atom is -0.478 e. The Labute approximate surface area is 160 Å². The number of hydrogen-bond donors (Lipinski definition) is 2. The number of anilines is 2. The summed E-state index contributed by atoms with van der Waals surface area (Å²) < 4.78 is 0. The summed E-state index contributed by atoms with van der Waals surface area (Å²) >= 11 is 6.07. The lowest BCUT2D eigenvalue weighted by Gasteiger charge is -2.11. The molecule has 27 heavy (non-hydrogen) atoms. The van der Waals surface area contributed by atoms with Crippen LogP contribution in [-0.4, -0.2) is 21.0 Å². The lowest BCUT2D eigenvalue weighted by molar-refractivity contribution is 0.0696. The van der Waals surface area contributed by atoms with Crippen LogP contribution in [0.4, 0.5) is 11.4 Å². The van der Waals surface area contributed by atoms with Crippen LogP contribution < -0.4 is 5.32 Å². The van der Waals surface area contributed by atoms with Gasteiger partial charge >= 0.3 is 5.97 Å². The van der Waals surface area contributed by atoms with Gasteiger partial charge in [0.15, 0.2) is 0 Å². The highest BCUT2D eigenvalue weighted by Gasteiger charge is 2.09. The zero-order valence-electron chi connectivity index (χ0n) is 14.1. The highest BCUT2D eigenvalue weighted by atomic mass is 35.5. The second-order valence-electron chi connectivity index (χ2n) is 5.99. The van der Waals surface area contributed by atoms with Crippen LogP contribution in [-0.2, 0) is 0 Å². The van der Waals surface area contributed by atoms with Crippen LogP contribution in [0.2, 0.25) is 5.02 Å². The Balaban J connectivity index is 1.79. The number of pyridine rings is 2. The summed E-state index contributed by atoms with van der Waals surface area (Å²) in [7, 11) is 0. The first-order valence-electron chi connectivity index (χ1n) is 8.20. The third-order valence-electron chi connectivity index (χ3n) is 4.16. The molecule has 0 amide bonds. The minimum atomic E-state index is -1.00. The van der Waals surface area contributed by atoms with E-state index in [0.717, 1.165) is 33.4 Å². The Bertz CT molecular complexity index is 1160. The topological polar surface area (TPSA) is 75.1 Å². The van der Waals surface area contributed by atoms with Crippen molar-refractivity contribution in [2.45, 2.75) is 0 Å². The van der Waals surface area contributed by atoms with Crippen molar-refractivity contribution in [3.63, 3.8) is 0 Å². The number of carbonyl (C=O) groups is 1. The van der Waals surface area contributed by atoms with Gasteiger partial charge in [-0.2, -0.15) is 0 Å². The van der Waals surface area contributed by atoms with Crippen LogP contribution in [0.25, 0.3) is 22.0 Å². The van der Waals surface area contributed by atoms with Crippen LogP contribution in [0.15, 0.2) is 73.2 Å². The Morgan fingerprint density at radius 2 is 1.89 bits per heavy atom. The summed E-state index contributed by atoms with van der Waals surface area (Å²) in [6, 6.07) is 16.7. The first-order valence-corrected chi connectivity index (χ1v) is 8.58. The molecule has 2 heterocycles. The maximum atomic E-state index is 11.2. The van der Waals surface area contributed by atoms with Gasteiger partial charge in [0.05, 0.1) is 11.1 Å². The molecule has 4 aromatic rings. The Morgan fingerprint density at radius 1 is 1.00 bits per heavy atom. The van der Waals surface area contributed by atoms with Gasteiger partial charge in [0.25, 0.3) is 0 Å². The Kier molecular flexibility index (Phi) is 4.44. The van der Waals surface area contributed by atoms with Gasteiger partial charge in [-0.3, -0.25) is 9.97 Å². The van der Waals surface area contributed by atoms with E-state index in [2.05, 4.69) is 15.3 Å². The molecule has 0 aliphatic carbocycles. The lowest BCUT2D eigenvalue weighted by atomic mass is 10.0. The van der Waals surface area contributed by atoms with Crippen molar-refractivity contribution in [1.29, 1.82) is 0 Å². The Hall–Kier alpha value is -3.44. The predicted octanol–water partition coefficient (Wildman–Crippen LogP) is 5.39. The summed E-state index contributed by atoms with van der Waals surface area (Å²) in [5, 5.41) is 14.1. The number of benzene rings is 2. The maximum Gasteiger partial charge on any atom is 0.337 e. The number of rotatable bonds is 4. The van der Waals surface area contributed by atoms with E-state index < -0.39 is 5.97 Å². The number of nitrogens with one attached hydrogen (secondary N) is 1. The second-order valence-corrected chi connectivity index (χ2v) is 6.43. The largest absolute Gasteiger partial charge is 0.478 e. The van der Waals surface area contributed by atoms with Crippen LogP contribution in [0, 0.1) is 0 Å². The highest BCUT2D eigenvalue weighted by Crippen LogP contribution is 2.30. The van der Waals surface area contributed by atoms with Crippen molar-refractivity contribution >= 4 is 39.8 Å². The molecule has 0 radical (unpaired) electrons. The number of aromatic nitrogens is 2. The molecule has 0 aliphatic heterocycles. The van der Waals surface area contributed by atoms with Gasteiger partial charge in [-0.05, 0) is 48.0 Å². The van der Waals surface area contributed by atoms with Crippen molar-refractivity contribution in [2.75, 3.05) is 5.32 Å². The molecule has 0 unspecified atom stereocenters. The summed E-state index contributed by atoms with van der Waals surface area (Å²) in [6.07, 6.45) is 4.72. The van der Waals surface area contributed by atoms with E-state index in [1.807, 2.05) is 48.5 Å². The number of aromatic carboxylic acids is 1. The quantitative estimate of drug-likeness (QED) is 0.500. The number of carboxylic acids is 1.